The number of pyridine rings is 1. The minimum Gasteiger partial charge on any atom is -0.300 e. The third-order valence-corrected chi connectivity index (χ3v) is 3.35. The Morgan fingerprint density at radius 3 is 2.48 bits per heavy atom. The van der Waals surface area contributed by atoms with Crippen LogP contribution in [0.15, 0.2) is 12.1 Å². The van der Waals surface area contributed by atoms with Crippen LogP contribution in [0.2, 0.25) is 0 Å². The zero-order valence-corrected chi connectivity index (χ0v) is 12.3. The van der Waals surface area contributed by atoms with E-state index in [0.717, 1.165) is 19.5 Å². The molecule has 2 heterocycles. The topological polar surface area (TPSA) is 79.4 Å². The summed E-state index contributed by atoms with van der Waals surface area (Å²) in [6.45, 7) is 4.60. The number of Topliss-reactive ketones (excluding diaryl/α,β-unsaturated/α-hetero) is 2. The first-order valence-electron chi connectivity index (χ1n) is 7.03. The van der Waals surface area contributed by atoms with E-state index < -0.39 is 0 Å². The van der Waals surface area contributed by atoms with Gasteiger partial charge in [0.1, 0.15) is 11.5 Å². The first-order valence-corrected chi connectivity index (χ1v) is 7.03. The fourth-order valence-corrected chi connectivity index (χ4v) is 1.97. The standard InChI is InChI=1S/C15H19N3O3/c1-10(19)4-5-13-8-12(9-14(16-13)11(2)20)15(21)17-18-6-3-7-18/h8-9H,3-7H2,1-2H3,(H,17,21). The fraction of sp³-hybridized carbons (Fsp3) is 0.467. The Labute approximate surface area is 123 Å². The highest BCUT2D eigenvalue weighted by Crippen LogP contribution is 2.11. The van der Waals surface area contributed by atoms with E-state index in [1.54, 1.807) is 6.07 Å². The van der Waals surface area contributed by atoms with E-state index in [1.807, 2.05) is 5.01 Å². The van der Waals surface area contributed by atoms with Crippen molar-refractivity contribution in [2.24, 2.45) is 0 Å². The monoisotopic (exact) mass is 289 g/mol. The van der Waals surface area contributed by atoms with E-state index in [-0.39, 0.29) is 23.2 Å². The summed E-state index contributed by atoms with van der Waals surface area (Å²) in [7, 11) is 0. The molecule has 0 bridgehead atoms. The Morgan fingerprint density at radius 2 is 1.95 bits per heavy atom. The Bertz CT molecular complexity index is 580. The predicted molar refractivity (Wildman–Crippen MR) is 76.9 cm³/mol. The highest BCUT2D eigenvalue weighted by molar-refractivity contribution is 5.98. The average Bonchev–Trinajstić information content (AvgIpc) is 2.39. The number of hydrogen-bond acceptors (Lipinski definition) is 5. The maximum atomic E-state index is 12.2. The Balaban J connectivity index is 2.19. The molecule has 6 heteroatoms. The summed E-state index contributed by atoms with van der Waals surface area (Å²) in [6.07, 6.45) is 1.85. The van der Waals surface area contributed by atoms with Crippen LogP contribution in [0.3, 0.4) is 0 Å². The maximum absolute atomic E-state index is 12.2. The summed E-state index contributed by atoms with van der Waals surface area (Å²) in [5.74, 6) is -0.391. The molecule has 21 heavy (non-hydrogen) atoms. The molecular weight excluding hydrogens is 270 g/mol. The summed E-state index contributed by atoms with van der Waals surface area (Å²) in [5.41, 5.74) is 4.03. The van der Waals surface area contributed by atoms with Gasteiger partial charge in [-0.2, -0.15) is 0 Å². The minimum atomic E-state index is -0.247. The molecular formula is C15H19N3O3. The molecule has 1 aliphatic heterocycles. The van der Waals surface area contributed by atoms with Gasteiger partial charge in [0.2, 0.25) is 0 Å². The van der Waals surface area contributed by atoms with Crippen molar-refractivity contribution in [1.82, 2.24) is 15.4 Å². The van der Waals surface area contributed by atoms with Crippen LogP contribution >= 0.6 is 0 Å². The van der Waals surface area contributed by atoms with E-state index in [2.05, 4.69) is 10.4 Å². The van der Waals surface area contributed by atoms with E-state index in [9.17, 15) is 14.4 Å². The average molecular weight is 289 g/mol. The van der Waals surface area contributed by atoms with E-state index in [0.29, 0.717) is 24.1 Å². The lowest BCUT2D eigenvalue weighted by molar-refractivity contribution is -0.117. The molecule has 2 rings (SSSR count). The van der Waals surface area contributed by atoms with Gasteiger partial charge in [0.05, 0.1) is 0 Å². The second kappa shape index (κ2) is 6.58. The van der Waals surface area contributed by atoms with Crippen LogP contribution in [0.25, 0.3) is 0 Å². The third kappa shape index (κ3) is 4.19. The summed E-state index contributed by atoms with van der Waals surface area (Å²) < 4.78 is 0. The number of aryl methyl sites for hydroxylation is 1. The molecule has 0 unspecified atom stereocenters. The SMILES string of the molecule is CC(=O)CCc1cc(C(=O)NN2CCC2)cc(C(C)=O)n1. The molecule has 0 aromatic carbocycles. The van der Waals surface area contributed by atoms with Crippen LogP contribution in [-0.2, 0) is 11.2 Å². The zero-order valence-electron chi connectivity index (χ0n) is 12.3. The molecule has 0 aliphatic carbocycles. The van der Waals surface area contributed by atoms with Crippen LogP contribution in [0.5, 0.6) is 0 Å². The highest BCUT2D eigenvalue weighted by Gasteiger charge is 2.18. The van der Waals surface area contributed by atoms with Gasteiger partial charge in [-0.15, -0.1) is 0 Å². The van der Waals surface area contributed by atoms with Crippen LogP contribution in [0.1, 0.15) is 53.2 Å². The number of amides is 1. The molecule has 1 N–H and O–H groups in total. The van der Waals surface area contributed by atoms with Crippen molar-refractivity contribution in [2.45, 2.75) is 33.1 Å². The summed E-state index contributed by atoms with van der Waals surface area (Å²) in [4.78, 5) is 39.0. The smallest absolute Gasteiger partial charge is 0.265 e. The van der Waals surface area contributed by atoms with Gasteiger partial charge < -0.3 is 4.79 Å². The lowest BCUT2D eigenvalue weighted by Gasteiger charge is -2.30. The molecule has 1 amide bonds. The van der Waals surface area contributed by atoms with Gasteiger partial charge >= 0.3 is 0 Å². The largest absolute Gasteiger partial charge is 0.300 e. The molecule has 1 aromatic heterocycles. The number of rotatable bonds is 6. The van der Waals surface area contributed by atoms with Gasteiger partial charge in [-0.25, -0.2) is 9.99 Å². The molecule has 0 spiro atoms. The number of hydrogen-bond donors (Lipinski definition) is 1. The quantitative estimate of drug-likeness (QED) is 0.795. The van der Waals surface area contributed by atoms with E-state index in [1.165, 1.54) is 19.9 Å². The molecule has 6 nitrogen and oxygen atoms in total. The lowest BCUT2D eigenvalue weighted by atomic mass is 10.1. The van der Waals surface area contributed by atoms with Gasteiger partial charge in [-0.3, -0.25) is 15.0 Å². The third-order valence-electron chi connectivity index (χ3n) is 3.35. The van der Waals surface area contributed by atoms with Gasteiger partial charge in [-0.05, 0) is 31.9 Å². The molecule has 112 valence electrons. The van der Waals surface area contributed by atoms with Crippen molar-refractivity contribution in [1.29, 1.82) is 0 Å². The minimum absolute atomic E-state index is 0.0524. The van der Waals surface area contributed by atoms with Gasteiger partial charge in [-0.1, -0.05) is 0 Å². The van der Waals surface area contributed by atoms with E-state index in [4.69, 9.17) is 0 Å². The number of carbonyl (C=O) groups excluding carboxylic acids is 3. The second-order valence-corrected chi connectivity index (χ2v) is 5.27. The molecule has 0 radical (unpaired) electrons. The van der Waals surface area contributed by atoms with Crippen molar-refractivity contribution in [2.75, 3.05) is 13.1 Å². The molecule has 1 aromatic rings. The second-order valence-electron chi connectivity index (χ2n) is 5.27. The van der Waals surface area contributed by atoms with Crippen LogP contribution in [-0.4, -0.2) is 40.6 Å². The summed E-state index contributed by atoms with van der Waals surface area (Å²) >= 11 is 0. The van der Waals surface area contributed by atoms with E-state index >= 15 is 0 Å². The molecule has 1 fully saturated rings. The Morgan fingerprint density at radius 1 is 1.24 bits per heavy atom. The lowest BCUT2D eigenvalue weighted by Crippen LogP contribution is -2.50. The van der Waals surface area contributed by atoms with Crippen LogP contribution in [0, 0.1) is 0 Å². The highest BCUT2D eigenvalue weighted by atomic mass is 16.2. The van der Waals surface area contributed by atoms with Crippen molar-refractivity contribution in [3.05, 3.63) is 29.1 Å². The van der Waals surface area contributed by atoms with Crippen LogP contribution in [0.4, 0.5) is 0 Å². The summed E-state index contributed by atoms with van der Waals surface area (Å²) in [5, 5.41) is 1.82. The Kier molecular flexibility index (Phi) is 4.80. The number of nitrogens with one attached hydrogen (secondary N) is 1. The number of hydrazine groups is 1. The Hall–Kier alpha value is -2.08. The zero-order chi connectivity index (χ0) is 15.4. The first kappa shape index (κ1) is 15.3. The number of aromatic nitrogens is 1. The number of nitrogens with zero attached hydrogens (tertiary/aromatic N) is 2. The molecule has 1 saturated heterocycles. The number of ketones is 2. The van der Waals surface area contributed by atoms with Gasteiger partial charge in [0, 0.05) is 37.7 Å². The number of carbonyl (C=O) groups is 3. The predicted octanol–water partition coefficient (Wildman–Crippen LogP) is 1.16. The molecule has 0 saturated carbocycles. The van der Waals surface area contributed by atoms with Gasteiger partial charge in [0.25, 0.3) is 5.91 Å². The van der Waals surface area contributed by atoms with Crippen LogP contribution < -0.4 is 5.43 Å². The molecule has 1 aliphatic rings. The maximum Gasteiger partial charge on any atom is 0.265 e. The summed E-state index contributed by atoms with van der Waals surface area (Å²) in [6, 6.07) is 3.14. The normalized spacial score (nSPS) is 14.4. The van der Waals surface area contributed by atoms with Crippen molar-refractivity contribution in [3.8, 4) is 0 Å². The molecule has 0 atom stereocenters. The first-order chi connectivity index (χ1) is 9.95. The van der Waals surface area contributed by atoms with Crippen molar-refractivity contribution >= 4 is 17.5 Å². The fourth-order valence-electron chi connectivity index (χ4n) is 1.97. The van der Waals surface area contributed by atoms with Crippen molar-refractivity contribution in [3.63, 3.8) is 0 Å². The van der Waals surface area contributed by atoms with Crippen molar-refractivity contribution < 1.29 is 14.4 Å². The van der Waals surface area contributed by atoms with Gasteiger partial charge in [0.15, 0.2) is 5.78 Å².